The molecule has 2 rings (SSSR count). The summed E-state index contributed by atoms with van der Waals surface area (Å²) in [6.07, 6.45) is 2.36. The Bertz CT molecular complexity index is 201. The maximum absolute atomic E-state index is 6.09. The van der Waals surface area contributed by atoms with E-state index in [-0.39, 0.29) is 0 Å². The number of rotatable bonds is 2. The molecular formula is C12H25N3. The average Bonchev–Trinajstić information content (AvgIpc) is 2.08. The van der Waals surface area contributed by atoms with Crippen LogP contribution in [0.2, 0.25) is 0 Å². The Morgan fingerprint density at radius 1 is 1.20 bits per heavy atom. The van der Waals surface area contributed by atoms with Crippen LogP contribution in [0, 0.1) is 5.92 Å². The molecule has 2 heterocycles. The van der Waals surface area contributed by atoms with E-state index in [2.05, 4.69) is 30.7 Å². The highest BCUT2D eigenvalue weighted by Gasteiger charge is 2.37. The van der Waals surface area contributed by atoms with E-state index >= 15 is 0 Å². The number of nitrogens with two attached hydrogens (primary N) is 1. The first-order valence-electron chi connectivity index (χ1n) is 6.26. The summed E-state index contributed by atoms with van der Waals surface area (Å²) in [5.41, 5.74) is 6.09. The molecule has 2 bridgehead atoms. The Balaban J connectivity index is 1.96. The topological polar surface area (TPSA) is 32.5 Å². The van der Waals surface area contributed by atoms with Gasteiger partial charge < -0.3 is 5.73 Å². The van der Waals surface area contributed by atoms with Crippen LogP contribution in [0.25, 0.3) is 0 Å². The second-order valence-corrected chi connectivity index (χ2v) is 5.82. The van der Waals surface area contributed by atoms with Crippen LogP contribution >= 0.6 is 0 Å². The van der Waals surface area contributed by atoms with E-state index in [0.29, 0.717) is 18.1 Å². The Morgan fingerprint density at radius 2 is 1.73 bits per heavy atom. The van der Waals surface area contributed by atoms with Gasteiger partial charge in [-0.25, -0.2) is 0 Å². The molecule has 0 aromatic heterocycles. The molecule has 0 amide bonds. The van der Waals surface area contributed by atoms with Crippen molar-refractivity contribution >= 4 is 0 Å². The van der Waals surface area contributed by atoms with Gasteiger partial charge in [0, 0.05) is 37.8 Å². The smallest absolute Gasteiger partial charge is 0.0238 e. The van der Waals surface area contributed by atoms with Gasteiger partial charge in [-0.1, -0.05) is 13.8 Å². The zero-order valence-corrected chi connectivity index (χ0v) is 10.3. The monoisotopic (exact) mass is 211 g/mol. The lowest BCUT2D eigenvalue weighted by Gasteiger charge is -2.50. The number of piperidine rings is 1. The normalized spacial score (nSPS) is 38.6. The Morgan fingerprint density at radius 3 is 2.20 bits per heavy atom. The molecule has 0 spiro atoms. The summed E-state index contributed by atoms with van der Waals surface area (Å²) in [6, 6.07) is 1.84. The molecule has 0 saturated carbocycles. The molecule has 2 saturated heterocycles. The van der Waals surface area contributed by atoms with Gasteiger partial charge in [-0.3, -0.25) is 9.80 Å². The van der Waals surface area contributed by atoms with Crippen molar-refractivity contribution in [2.75, 3.05) is 26.7 Å². The molecule has 2 N–H and O–H groups in total. The Hall–Kier alpha value is -0.120. The number of likely N-dealkylation sites (N-methyl/N-ethyl adjacent to an activating group) is 1. The van der Waals surface area contributed by atoms with Crippen LogP contribution in [0.5, 0.6) is 0 Å². The van der Waals surface area contributed by atoms with E-state index in [1.165, 1.54) is 32.5 Å². The van der Waals surface area contributed by atoms with Crippen molar-refractivity contribution in [1.82, 2.24) is 9.80 Å². The number of likely N-dealkylation sites (tertiary alicyclic amines) is 1. The van der Waals surface area contributed by atoms with Crippen molar-refractivity contribution < 1.29 is 0 Å². The summed E-state index contributed by atoms with van der Waals surface area (Å²) in [6.45, 7) is 8.30. The predicted molar refractivity (Wildman–Crippen MR) is 63.8 cm³/mol. The van der Waals surface area contributed by atoms with Gasteiger partial charge in [-0.15, -0.1) is 0 Å². The van der Waals surface area contributed by atoms with Crippen LogP contribution in [-0.4, -0.2) is 54.6 Å². The number of hydrogen-bond acceptors (Lipinski definition) is 3. The fourth-order valence-electron chi connectivity index (χ4n) is 3.17. The van der Waals surface area contributed by atoms with Crippen LogP contribution in [0.4, 0.5) is 0 Å². The van der Waals surface area contributed by atoms with Crippen LogP contribution in [0.3, 0.4) is 0 Å². The molecular weight excluding hydrogens is 186 g/mol. The summed E-state index contributed by atoms with van der Waals surface area (Å²) in [5.74, 6) is 0.780. The van der Waals surface area contributed by atoms with Gasteiger partial charge in [0.1, 0.15) is 0 Å². The second kappa shape index (κ2) is 4.40. The van der Waals surface area contributed by atoms with Crippen molar-refractivity contribution in [2.45, 2.75) is 44.8 Å². The molecule has 2 unspecified atom stereocenters. The summed E-state index contributed by atoms with van der Waals surface area (Å²) in [7, 11) is 2.27. The fraction of sp³-hybridized carbons (Fsp3) is 1.00. The van der Waals surface area contributed by atoms with E-state index in [0.717, 1.165) is 5.92 Å². The lowest BCUT2D eigenvalue weighted by molar-refractivity contribution is -0.00110. The largest absolute Gasteiger partial charge is 0.328 e. The average molecular weight is 211 g/mol. The van der Waals surface area contributed by atoms with Crippen LogP contribution < -0.4 is 5.73 Å². The van der Waals surface area contributed by atoms with Gasteiger partial charge in [0.2, 0.25) is 0 Å². The third-order valence-corrected chi connectivity index (χ3v) is 3.86. The third kappa shape index (κ3) is 2.52. The van der Waals surface area contributed by atoms with Crippen LogP contribution in [0.15, 0.2) is 0 Å². The molecule has 15 heavy (non-hydrogen) atoms. The molecule has 2 atom stereocenters. The molecule has 2 aliphatic heterocycles. The minimum atomic E-state index is 0.442. The molecule has 0 aromatic carbocycles. The minimum absolute atomic E-state index is 0.442. The molecule has 0 aliphatic carbocycles. The SMILES string of the molecule is CC(C)CN1CC2CC(N)CC(C1)N2C. The maximum Gasteiger partial charge on any atom is 0.0238 e. The summed E-state index contributed by atoms with van der Waals surface area (Å²) >= 11 is 0. The number of fused-ring (bicyclic) bond motifs is 2. The Labute approximate surface area is 93.6 Å². The van der Waals surface area contributed by atoms with Gasteiger partial charge in [0.25, 0.3) is 0 Å². The van der Waals surface area contributed by atoms with Gasteiger partial charge >= 0.3 is 0 Å². The highest BCUT2D eigenvalue weighted by atomic mass is 15.3. The summed E-state index contributed by atoms with van der Waals surface area (Å²) in [4.78, 5) is 5.19. The summed E-state index contributed by atoms with van der Waals surface area (Å²) in [5, 5.41) is 0. The van der Waals surface area contributed by atoms with Crippen molar-refractivity contribution in [3.05, 3.63) is 0 Å². The van der Waals surface area contributed by atoms with Crippen molar-refractivity contribution in [1.29, 1.82) is 0 Å². The minimum Gasteiger partial charge on any atom is -0.328 e. The van der Waals surface area contributed by atoms with Gasteiger partial charge in [0.15, 0.2) is 0 Å². The number of hydrogen-bond donors (Lipinski definition) is 1. The molecule has 3 heteroatoms. The van der Waals surface area contributed by atoms with Crippen LogP contribution in [0.1, 0.15) is 26.7 Å². The number of nitrogens with zero attached hydrogens (tertiary/aromatic N) is 2. The van der Waals surface area contributed by atoms with Crippen molar-refractivity contribution in [3.63, 3.8) is 0 Å². The van der Waals surface area contributed by atoms with Crippen molar-refractivity contribution in [2.24, 2.45) is 11.7 Å². The Kier molecular flexibility index (Phi) is 3.33. The van der Waals surface area contributed by atoms with E-state index in [4.69, 9.17) is 5.73 Å². The first kappa shape index (κ1) is 11.4. The zero-order valence-electron chi connectivity index (χ0n) is 10.3. The van der Waals surface area contributed by atoms with E-state index < -0.39 is 0 Å². The lowest BCUT2D eigenvalue weighted by Crippen LogP contribution is -2.63. The highest BCUT2D eigenvalue weighted by Crippen LogP contribution is 2.26. The van der Waals surface area contributed by atoms with E-state index in [1.807, 2.05) is 0 Å². The van der Waals surface area contributed by atoms with Crippen molar-refractivity contribution in [3.8, 4) is 0 Å². The first-order chi connectivity index (χ1) is 7.06. The lowest BCUT2D eigenvalue weighted by atomic mass is 9.88. The standard InChI is InChI=1S/C12H25N3/c1-9(2)6-15-7-11-4-10(13)5-12(8-15)14(11)3/h9-12H,4-8,13H2,1-3H3. The predicted octanol–water partition coefficient (Wildman–Crippen LogP) is 0.748. The van der Waals surface area contributed by atoms with E-state index in [1.54, 1.807) is 0 Å². The second-order valence-electron chi connectivity index (χ2n) is 5.82. The highest BCUT2D eigenvalue weighted by molar-refractivity contribution is 4.95. The zero-order chi connectivity index (χ0) is 11.0. The molecule has 3 nitrogen and oxygen atoms in total. The molecule has 88 valence electrons. The molecule has 0 radical (unpaired) electrons. The molecule has 2 fully saturated rings. The maximum atomic E-state index is 6.09. The van der Waals surface area contributed by atoms with Gasteiger partial charge in [-0.05, 0) is 25.8 Å². The first-order valence-corrected chi connectivity index (χ1v) is 6.26. The third-order valence-electron chi connectivity index (χ3n) is 3.86. The van der Waals surface area contributed by atoms with Gasteiger partial charge in [0.05, 0.1) is 0 Å². The van der Waals surface area contributed by atoms with Gasteiger partial charge in [-0.2, -0.15) is 0 Å². The van der Waals surface area contributed by atoms with E-state index in [9.17, 15) is 0 Å². The fourth-order valence-corrected chi connectivity index (χ4v) is 3.17. The van der Waals surface area contributed by atoms with Crippen LogP contribution in [-0.2, 0) is 0 Å². The molecule has 0 aromatic rings. The number of piperazine rings is 1. The summed E-state index contributed by atoms with van der Waals surface area (Å²) < 4.78 is 0. The quantitative estimate of drug-likeness (QED) is 0.731. The molecule has 2 aliphatic rings.